The van der Waals surface area contributed by atoms with E-state index in [2.05, 4.69) is 122 Å². The van der Waals surface area contributed by atoms with E-state index in [-0.39, 0.29) is 19.5 Å². The van der Waals surface area contributed by atoms with E-state index < -0.39 is 5.97 Å². The van der Waals surface area contributed by atoms with Gasteiger partial charge in [0.2, 0.25) is 0 Å². The maximum Gasteiger partial charge on any atom is 2.00 e. The first-order valence-electron chi connectivity index (χ1n) is 14.7. The molecule has 4 aromatic carbocycles. The SMILES string of the molecule is CC(=O)[O-].Cc1ccccc1.Cc1cccnc1-c1[c-]cccc1.Cc1cccnc1-c1ccccc1/C=C/c1ccccc1.[Ru+2]. The molecule has 0 unspecified atom stereocenters. The predicted molar refractivity (Wildman–Crippen MR) is 185 cm³/mol. The molecule has 0 saturated heterocycles. The van der Waals surface area contributed by atoms with Gasteiger partial charge in [-0.25, -0.2) is 0 Å². The number of carboxylic acids is 1. The van der Waals surface area contributed by atoms with Crippen molar-refractivity contribution in [2.45, 2.75) is 27.7 Å². The maximum absolute atomic E-state index is 8.89. The number of aryl methyl sites for hydroxylation is 3. The summed E-state index contributed by atoms with van der Waals surface area (Å²) >= 11 is 0. The normalized spacial score (nSPS) is 9.65. The smallest absolute Gasteiger partial charge is 0.550 e. The van der Waals surface area contributed by atoms with Gasteiger partial charge in [-0.05, 0) is 62.2 Å². The Morgan fingerprint density at radius 1 is 0.630 bits per heavy atom. The van der Waals surface area contributed by atoms with E-state index in [1.165, 1.54) is 33.4 Å². The summed E-state index contributed by atoms with van der Waals surface area (Å²) in [6.45, 7) is 7.21. The van der Waals surface area contributed by atoms with Gasteiger partial charge in [0.25, 0.3) is 0 Å². The van der Waals surface area contributed by atoms with Crippen LogP contribution in [0, 0.1) is 26.8 Å². The van der Waals surface area contributed by atoms with Gasteiger partial charge in [-0.15, -0.1) is 35.9 Å². The fourth-order valence-electron chi connectivity index (χ4n) is 4.22. The summed E-state index contributed by atoms with van der Waals surface area (Å²) in [5.74, 6) is -1.08. The minimum atomic E-state index is -1.08. The van der Waals surface area contributed by atoms with Crippen molar-refractivity contribution >= 4 is 18.1 Å². The van der Waals surface area contributed by atoms with Gasteiger partial charge in [-0.3, -0.25) is 4.98 Å². The molecule has 0 spiro atoms. The summed E-state index contributed by atoms with van der Waals surface area (Å²) in [4.78, 5) is 17.7. The topological polar surface area (TPSA) is 65.9 Å². The fraction of sp³-hybridized carbons (Fsp3) is 0.0976. The molecule has 0 saturated carbocycles. The number of carbonyl (C=O) groups excluding carboxylic acids is 1. The Labute approximate surface area is 286 Å². The molecule has 2 heterocycles. The van der Waals surface area contributed by atoms with Crippen LogP contribution in [0.2, 0.25) is 0 Å². The van der Waals surface area contributed by atoms with Crippen LogP contribution in [0.4, 0.5) is 0 Å². The number of aromatic nitrogens is 2. The Bertz CT molecular complexity index is 1750. The summed E-state index contributed by atoms with van der Waals surface area (Å²) in [5.41, 5.74) is 10.4. The number of hydrogen-bond acceptors (Lipinski definition) is 4. The fourth-order valence-corrected chi connectivity index (χ4v) is 4.22. The number of nitrogens with zero attached hydrogens (tertiary/aromatic N) is 2. The molecule has 6 rings (SSSR count). The first-order chi connectivity index (χ1) is 21.8. The summed E-state index contributed by atoms with van der Waals surface area (Å²) in [7, 11) is 0. The predicted octanol–water partition coefficient (Wildman–Crippen LogP) is 8.83. The Morgan fingerprint density at radius 3 is 1.67 bits per heavy atom. The Hall–Kier alpha value is -4.99. The van der Waals surface area contributed by atoms with Crippen molar-refractivity contribution in [1.29, 1.82) is 0 Å². The van der Waals surface area contributed by atoms with Crippen molar-refractivity contribution in [2.75, 3.05) is 0 Å². The van der Waals surface area contributed by atoms with Crippen LogP contribution in [-0.2, 0) is 24.3 Å². The standard InChI is InChI=1S/C20H17N.C12H10N.C7H8.C2H4O2.Ru/c1-16-8-7-15-21-20(16)19-12-6-5-11-18(19)14-13-17-9-3-2-4-10-17;1-10-6-5-9-13-12(10)11-7-3-2-4-8-11;1-7-5-3-2-4-6-7;1-2(3)4;/h2-15H,1H3;2-7,9H,1H3;2-6H,1H3;1H3,(H,3,4);/q;-1;;;+2/p-1/b14-13+;;;;. The number of rotatable bonds is 4. The monoisotopic (exact) mass is 692 g/mol. The zero-order chi connectivity index (χ0) is 32.3. The summed E-state index contributed by atoms with van der Waals surface area (Å²) < 4.78 is 0. The summed E-state index contributed by atoms with van der Waals surface area (Å²) in [6, 6.07) is 48.1. The van der Waals surface area contributed by atoms with Gasteiger partial charge in [0, 0.05) is 23.9 Å². The van der Waals surface area contributed by atoms with Crippen LogP contribution in [0.5, 0.6) is 0 Å². The van der Waals surface area contributed by atoms with E-state index in [0.717, 1.165) is 23.9 Å². The van der Waals surface area contributed by atoms with E-state index in [0.29, 0.717) is 0 Å². The van der Waals surface area contributed by atoms with Gasteiger partial charge in [0.15, 0.2) is 0 Å². The van der Waals surface area contributed by atoms with Gasteiger partial charge in [-0.2, -0.15) is 0 Å². The van der Waals surface area contributed by atoms with E-state index in [1.54, 1.807) is 0 Å². The van der Waals surface area contributed by atoms with E-state index in [1.807, 2.05) is 73.1 Å². The number of pyridine rings is 2. The average Bonchev–Trinajstić information content (AvgIpc) is 3.06. The molecular formula is C41H38N2O2Ru. The van der Waals surface area contributed by atoms with Crippen molar-refractivity contribution < 1.29 is 29.4 Å². The summed E-state index contributed by atoms with van der Waals surface area (Å²) in [6.07, 6.45) is 7.94. The quantitative estimate of drug-likeness (QED) is 0.105. The second-order valence-corrected chi connectivity index (χ2v) is 10.1. The number of carbonyl (C=O) groups is 1. The van der Waals surface area contributed by atoms with Crippen LogP contribution < -0.4 is 5.11 Å². The molecule has 232 valence electrons. The van der Waals surface area contributed by atoms with Gasteiger partial charge >= 0.3 is 19.5 Å². The molecule has 0 atom stereocenters. The minimum absolute atomic E-state index is 0. The van der Waals surface area contributed by atoms with E-state index in [4.69, 9.17) is 9.90 Å². The van der Waals surface area contributed by atoms with Crippen molar-refractivity contribution in [3.8, 4) is 22.5 Å². The molecule has 0 aliphatic heterocycles. The minimum Gasteiger partial charge on any atom is -0.550 e. The van der Waals surface area contributed by atoms with Crippen molar-refractivity contribution in [2.24, 2.45) is 0 Å². The van der Waals surface area contributed by atoms with Crippen LogP contribution in [0.25, 0.3) is 34.7 Å². The molecule has 0 aliphatic carbocycles. The number of hydrogen-bond donors (Lipinski definition) is 0. The van der Waals surface area contributed by atoms with Crippen LogP contribution in [0.1, 0.15) is 34.7 Å². The molecule has 5 heteroatoms. The van der Waals surface area contributed by atoms with Crippen LogP contribution >= 0.6 is 0 Å². The molecule has 0 N–H and O–H groups in total. The Morgan fingerprint density at radius 2 is 1.15 bits per heavy atom. The zero-order valence-corrected chi connectivity index (χ0v) is 28.3. The largest absolute Gasteiger partial charge is 2.00 e. The van der Waals surface area contributed by atoms with E-state index in [9.17, 15) is 0 Å². The Kier molecular flexibility index (Phi) is 16.9. The van der Waals surface area contributed by atoms with E-state index >= 15 is 0 Å². The molecule has 2 aromatic heterocycles. The average molecular weight is 692 g/mol. The van der Waals surface area contributed by atoms with Crippen molar-refractivity contribution in [1.82, 2.24) is 9.97 Å². The van der Waals surface area contributed by atoms with Crippen molar-refractivity contribution in [3.63, 3.8) is 0 Å². The molecule has 4 nitrogen and oxygen atoms in total. The molecular weight excluding hydrogens is 654 g/mol. The molecule has 0 aliphatic rings. The molecule has 0 fully saturated rings. The summed E-state index contributed by atoms with van der Waals surface area (Å²) in [5, 5.41) is 8.89. The number of carboxylic acid groups (broad SMARTS) is 1. The van der Waals surface area contributed by atoms with Crippen LogP contribution in [0.15, 0.2) is 146 Å². The van der Waals surface area contributed by atoms with Gasteiger partial charge in [0.1, 0.15) is 0 Å². The third kappa shape index (κ3) is 13.3. The molecule has 0 bridgehead atoms. The van der Waals surface area contributed by atoms with Crippen molar-refractivity contribution in [3.05, 3.63) is 180 Å². The molecule has 0 radical (unpaired) electrons. The Balaban J connectivity index is 0.000000250. The second kappa shape index (κ2) is 20.9. The van der Waals surface area contributed by atoms with Crippen LogP contribution in [-0.4, -0.2) is 15.9 Å². The number of aliphatic carboxylic acids is 1. The van der Waals surface area contributed by atoms with Crippen LogP contribution in [0.3, 0.4) is 0 Å². The first-order valence-corrected chi connectivity index (χ1v) is 14.7. The third-order valence-electron chi connectivity index (χ3n) is 6.39. The second-order valence-electron chi connectivity index (χ2n) is 10.1. The number of benzene rings is 4. The molecule has 0 amide bonds. The zero-order valence-electron chi connectivity index (χ0n) is 26.6. The van der Waals surface area contributed by atoms with Gasteiger partial charge in [-0.1, -0.05) is 120 Å². The third-order valence-corrected chi connectivity index (χ3v) is 6.39. The van der Waals surface area contributed by atoms with Gasteiger partial charge < -0.3 is 14.9 Å². The molecule has 46 heavy (non-hydrogen) atoms. The van der Waals surface area contributed by atoms with Gasteiger partial charge in [0.05, 0.1) is 5.69 Å². The first kappa shape index (κ1) is 37.2. The maximum atomic E-state index is 8.89. The molecule has 6 aromatic rings.